The van der Waals surface area contributed by atoms with Crippen molar-refractivity contribution in [1.29, 1.82) is 0 Å². The van der Waals surface area contributed by atoms with Gasteiger partial charge in [0.1, 0.15) is 18.1 Å². The van der Waals surface area contributed by atoms with Crippen LogP contribution < -0.4 is 27.4 Å². The molecule has 0 aliphatic rings. The zero-order chi connectivity index (χ0) is 26.4. The third kappa shape index (κ3) is 11.5. The summed E-state index contributed by atoms with van der Waals surface area (Å²) >= 11 is 0. The minimum Gasteiger partial charge on any atom is -0.481 e. The molecule has 0 aliphatic heterocycles. The summed E-state index contributed by atoms with van der Waals surface area (Å²) in [5.74, 6) is -4.37. The molecule has 1 aromatic carbocycles. The average molecular weight is 494 g/mol. The number of carboxylic acids is 2. The van der Waals surface area contributed by atoms with Gasteiger partial charge in [0, 0.05) is 12.8 Å². The number of hydrogen-bond donors (Lipinski definition) is 7. The Morgan fingerprint density at radius 1 is 0.857 bits per heavy atom. The summed E-state index contributed by atoms with van der Waals surface area (Å²) in [5, 5.41) is 25.6. The number of benzene rings is 1. The smallest absolute Gasteiger partial charge is 0.326 e. The minimum atomic E-state index is -1.20. The van der Waals surface area contributed by atoms with E-state index in [1.807, 2.05) is 0 Å². The molecule has 12 nitrogen and oxygen atoms in total. The lowest BCUT2D eigenvalue weighted by molar-refractivity contribution is -0.142. The summed E-state index contributed by atoms with van der Waals surface area (Å²) in [7, 11) is 0. The topological polar surface area (TPSA) is 214 Å². The van der Waals surface area contributed by atoms with Crippen molar-refractivity contribution in [3.63, 3.8) is 0 Å². The number of hydrogen-bond acceptors (Lipinski definition) is 7. The monoisotopic (exact) mass is 493 g/mol. The second-order valence-corrected chi connectivity index (χ2v) is 8.20. The summed E-state index contributed by atoms with van der Waals surface area (Å²) in [5.41, 5.74) is 11.8. The number of aliphatic carboxylic acids is 2. The van der Waals surface area contributed by atoms with Gasteiger partial charge in [0.2, 0.25) is 17.7 Å². The predicted octanol–water partition coefficient (Wildman–Crippen LogP) is -0.891. The quantitative estimate of drug-likeness (QED) is 0.142. The van der Waals surface area contributed by atoms with Gasteiger partial charge in [-0.3, -0.25) is 19.2 Å². The lowest BCUT2D eigenvalue weighted by Gasteiger charge is -2.24. The van der Waals surface area contributed by atoms with Crippen LogP contribution in [0.5, 0.6) is 0 Å². The summed E-state index contributed by atoms with van der Waals surface area (Å²) < 4.78 is 0. The molecular weight excluding hydrogens is 458 g/mol. The molecule has 9 N–H and O–H groups in total. The number of nitrogens with one attached hydrogen (secondary N) is 3. The molecule has 0 bridgehead atoms. The number of nitrogens with two attached hydrogens (primary N) is 2. The maximum Gasteiger partial charge on any atom is 0.326 e. The van der Waals surface area contributed by atoms with Crippen molar-refractivity contribution in [2.24, 2.45) is 11.5 Å². The van der Waals surface area contributed by atoms with E-state index in [1.165, 1.54) is 6.92 Å². The van der Waals surface area contributed by atoms with Gasteiger partial charge in [-0.1, -0.05) is 30.3 Å². The normalized spacial score (nSPS) is 14.1. The van der Waals surface area contributed by atoms with E-state index in [0.29, 0.717) is 19.4 Å². The molecule has 0 heterocycles. The summed E-state index contributed by atoms with van der Waals surface area (Å²) in [6, 6.07) is 4.39. The van der Waals surface area contributed by atoms with Gasteiger partial charge in [-0.25, -0.2) is 4.79 Å². The standard InChI is InChI=1S/C23H35N5O7/c1-14(26-21(32)16(25)10-11-19(29)30)20(31)28-18(13-15-7-3-2-4-8-15)22(33)27-17(23(34)35)9-5-6-12-24/h2-4,7-8,14,16-18H,5-6,9-13,24-25H2,1H3,(H,26,32)(H,27,33)(H,28,31)(H,29,30)(H,34,35). The van der Waals surface area contributed by atoms with Crippen LogP contribution in [0, 0.1) is 0 Å². The first kappa shape index (κ1) is 29.5. The van der Waals surface area contributed by atoms with Crippen molar-refractivity contribution in [3.8, 4) is 0 Å². The molecule has 1 rings (SSSR count). The molecule has 0 radical (unpaired) electrons. The van der Waals surface area contributed by atoms with Crippen LogP contribution >= 0.6 is 0 Å². The van der Waals surface area contributed by atoms with E-state index in [-0.39, 0.29) is 25.7 Å². The number of amides is 3. The second-order valence-electron chi connectivity index (χ2n) is 8.20. The number of carbonyl (C=O) groups is 5. The van der Waals surface area contributed by atoms with Crippen LogP contribution in [0.25, 0.3) is 0 Å². The first-order valence-electron chi connectivity index (χ1n) is 11.4. The first-order chi connectivity index (χ1) is 16.5. The molecule has 0 saturated heterocycles. The molecule has 4 unspecified atom stereocenters. The highest BCUT2D eigenvalue weighted by Gasteiger charge is 2.29. The van der Waals surface area contributed by atoms with Crippen molar-refractivity contribution in [2.45, 2.75) is 69.6 Å². The van der Waals surface area contributed by atoms with E-state index < -0.39 is 53.8 Å². The van der Waals surface area contributed by atoms with Crippen LogP contribution in [0.2, 0.25) is 0 Å². The molecular formula is C23H35N5O7. The molecule has 194 valence electrons. The van der Waals surface area contributed by atoms with Crippen molar-refractivity contribution in [1.82, 2.24) is 16.0 Å². The largest absolute Gasteiger partial charge is 0.481 e. The number of carboxylic acid groups (broad SMARTS) is 2. The Balaban J connectivity index is 2.88. The third-order valence-corrected chi connectivity index (χ3v) is 5.24. The second kappa shape index (κ2) is 15.4. The van der Waals surface area contributed by atoms with Gasteiger partial charge >= 0.3 is 11.9 Å². The maximum absolute atomic E-state index is 13.0. The fraction of sp³-hybridized carbons (Fsp3) is 0.522. The molecule has 12 heteroatoms. The number of carbonyl (C=O) groups excluding carboxylic acids is 3. The Morgan fingerprint density at radius 3 is 2.06 bits per heavy atom. The number of unbranched alkanes of at least 4 members (excludes halogenated alkanes) is 1. The summed E-state index contributed by atoms with van der Waals surface area (Å²) in [6.45, 7) is 1.79. The van der Waals surface area contributed by atoms with Crippen LogP contribution in [0.15, 0.2) is 30.3 Å². The Morgan fingerprint density at radius 2 is 1.49 bits per heavy atom. The Kier molecular flexibility index (Phi) is 13.0. The Hall–Kier alpha value is -3.51. The zero-order valence-electron chi connectivity index (χ0n) is 19.7. The van der Waals surface area contributed by atoms with E-state index in [9.17, 15) is 29.1 Å². The Labute approximate surface area is 203 Å². The fourth-order valence-corrected chi connectivity index (χ4v) is 3.17. The highest BCUT2D eigenvalue weighted by Crippen LogP contribution is 2.07. The van der Waals surface area contributed by atoms with Gasteiger partial charge in [-0.2, -0.15) is 0 Å². The third-order valence-electron chi connectivity index (χ3n) is 5.24. The van der Waals surface area contributed by atoms with Crippen LogP contribution in [-0.2, 0) is 30.4 Å². The van der Waals surface area contributed by atoms with E-state index >= 15 is 0 Å². The van der Waals surface area contributed by atoms with Crippen molar-refractivity contribution in [2.75, 3.05) is 6.54 Å². The van der Waals surface area contributed by atoms with E-state index in [2.05, 4.69) is 16.0 Å². The molecule has 0 aromatic heterocycles. The molecule has 0 saturated carbocycles. The van der Waals surface area contributed by atoms with Gasteiger partial charge in [-0.15, -0.1) is 0 Å². The van der Waals surface area contributed by atoms with E-state index in [0.717, 1.165) is 5.56 Å². The first-order valence-corrected chi connectivity index (χ1v) is 11.4. The van der Waals surface area contributed by atoms with Gasteiger partial charge < -0.3 is 37.6 Å². The summed E-state index contributed by atoms with van der Waals surface area (Å²) in [4.78, 5) is 60.1. The average Bonchev–Trinajstić information content (AvgIpc) is 2.81. The van der Waals surface area contributed by atoms with Gasteiger partial charge in [-0.05, 0) is 44.7 Å². The molecule has 4 atom stereocenters. The van der Waals surface area contributed by atoms with Gasteiger partial charge in [0.15, 0.2) is 0 Å². The molecule has 35 heavy (non-hydrogen) atoms. The molecule has 0 spiro atoms. The lowest BCUT2D eigenvalue weighted by Crippen LogP contribution is -2.57. The predicted molar refractivity (Wildman–Crippen MR) is 127 cm³/mol. The molecule has 3 amide bonds. The van der Waals surface area contributed by atoms with Crippen LogP contribution in [0.4, 0.5) is 0 Å². The van der Waals surface area contributed by atoms with E-state index in [1.54, 1.807) is 30.3 Å². The fourth-order valence-electron chi connectivity index (χ4n) is 3.17. The Bertz CT molecular complexity index is 865. The SMILES string of the molecule is CC(NC(=O)C(N)CCC(=O)O)C(=O)NC(Cc1ccccc1)C(=O)NC(CCCCN)C(=O)O. The van der Waals surface area contributed by atoms with Crippen LogP contribution in [0.3, 0.4) is 0 Å². The molecule has 0 aliphatic carbocycles. The number of rotatable bonds is 16. The minimum absolute atomic E-state index is 0.0896. The molecule has 1 aromatic rings. The van der Waals surface area contributed by atoms with E-state index in [4.69, 9.17) is 16.6 Å². The zero-order valence-corrected chi connectivity index (χ0v) is 19.7. The van der Waals surface area contributed by atoms with Crippen LogP contribution in [0.1, 0.15) is 44.6 Å². The lowest BCUT2D eigenvalue weighted by atomic mass is 10.0. The highest BCUT2D eigenvalue weighted by atomic mass is 16.4. The van der Waals surface area contributed by atoms with Crippen molar-refractivity contribution in [3.05, 3.63) is 35.9 Å². The summed E-state index contributed by atoms with van der Waals surface area (Å²) in [6.07, 6.45) is 0.988. The van der Waals surface area contributed by atoms with Crippen molar-refractivity contribution >= 4 is 29.7 Å². The maximum atomic E-state index is 13.0. The molecule has 0 fully saturated rings. The van der Waals surface area contributed by atoms with Crippen LogP contribution in [-0.4, -0.2) is 70.6 Å². The van der Waals surface area contributed by atoms with Gasteiger partial charge in [0.05, 0.1) is 6.04 Å². The van der Waals surface area contributed by atoms with Crippen molar-refractivity contribution < 1.29 is 34.2 Å². The highest BCUT2D eigenvalue weighted by molar-refractivity contribution is 5.94. The van der Waals surface area contributed by atoms with Gasteiger partial charge in [0.25, 0.3) is 0 Å².